The molecule has 1 fully saturated rings. The molecule has 2 aromatic carbocycles. The molecule has 1 aliphatic rings. The molecule has 0 saturated carbocycles. The average molecular weight is 344 g/mol. The Morgan fingerprint density at radius 3 is 2.92 bits per heavy atom. The highest BCUT2D eigenvalue weighted by molar-refractivity contribution is 7.98. The Morgan fingerprint density at radius 2 is 2.08 bits per heavy atom. The Bertz CT molecular complexity index is 687. The van der Waals surface area contributed by atoms with Gasteiger partial charge in [-0.3, -0.25) is 0 Å². The van der Waals surface area contributed by atoms with Crippen molar-refractivity contribution < 1.29 is 9.90 Å². The minimum atomic E-state index is -0.00305. The molecule has 2 amide bonds. The largest absolute Gasteiger partial charge is 0.396 e. The second-order valence-electron chi connectivity index (χ2n) is 6.21. The molecule has 2 N–H and O–H groups in total. The van der Waals surface area contributed by atoms with Gasteiger partial charge in [-0.1, -0.05) is 42.5 Å². The molecule has 4 nitrogen and oxygen atoms in total. The summed E-state index contributed by atoms with van der Waals surface area (Å²) in [7, 11) is 0. The van der Waals surface area contributed by atoms with Crippen molar-refractivity contribution in [3.05, 3.63) is 48.0 Å². The van der Waals surface area contributed by atoms with Crippen molar-refractivity contribution in [3.8, 4) is 0 Å². The van der Waals surface area contributed by atoms with Crippen molar-refractivity contribution in [1.29, 1.82) is 0 Å². The SMILES string of the molecule is O=C(NCCSCc1cccc2ccccc12)N1CC[C@H](CO)C1. The molecule has 2 aromatic rings. The van der Waals surface area contributed by atoms with E-state index in [0.717, 1.165) is 24.5 Å². The van der Waals surface area contributed by atoms with E-state index in [1.807, 2.05) is 11.8 Å². The summed E-state index contributed by atoms with van der Waals surface area (Å²) in [4.78, 5) is 13.8. The van der Waals surface area contributed by atoms with Gasteiger partial charge in [-0.25, -0.2) is 4.79 Å². The van der Waals surface area contributed by atoms with Crippen molar-refractivity contribution in [3.63, 3.8) is 0 Å². The molecular formula is C19H24N2O2S. The van der Waals surface area contributed by atoms with Crippen LogP contribution in [0.5, 0.6) is 0 Å². The number of benzene rings is 2. The number of carbonyl (C=O) groups excluding carboxylic acids is 1. The molecule has 1 aliphatic heterocycles. The molecule has 24 heavy (non-hydrogen) atoms. The number of likely N-dealkylation sites (tertiary alicyclic amines) is 1. The number of thioether (sulfide) groups is 1. The fraction of sp³-hybridized carbons (Fsp3) is 0.421. The maximum Gasteiger partial charge on any atom is 0.317 e. The van der Waals surface area contributed by atoms with E-state index in [4.69, 9.17) is 5.11 Å². The van der Waals surface area contributed by atoms with Crippen molar-refractivity contribution in [2.45, 2.75) is 12.2 Å². The number of aliphatic hydroxyl groups excluding tert-OH is 1. The number of nitrogens with zero attached hydrogens (tertiary/aromatic N) is 1. The first-order valence-electron chi connectivity index (χ1n) is 8.46. The lowest BCUT2D eigenvalue weighted by Gasteiger charge is -2.17. The topological polar surface area (TPSA) is 52.6 Å². The summed E-state index contributed by atoms with van der Waals surface area (Å²) in [5.41, 5.74) is 1.34. The molecule has 1 heterocycles. The highest BCUT2D eigenvalue weighted by atomic mass is 32.2. The highest BCUT2D eigenvalue weighted by Gasteiger charge is 2.25. The Kier molecular flexibility index (Phi) is 5.99. The number of urea groups is 1. The van der Waals surface area contributed by atoms with Crippen LogP contribution in [0.25, 0.3) is 10.8 Å². The minimum absolute atomic E-state index is 0.00305. The zero-order chi connectivity index (χ0) is 16.8. The Hall–Kier alpha value is -1.72. The molecule has 0 bridgehead atoms. The standard InChI is InChI=1S/C19H24N2O2S/c22-13-15-8-10-21(12-15)19(23)20-9-11-24-14-17-6-3-5-16-4-1-2-7-18(16)17/h1-7,15,22H,8-14H2,(H,20,23)/t15-/m0/s1. The van der Waals surface area contributed by atoms with Gasteiger partial charge in [0.1, 0.15) is 0 Å². The fourth-order valence-electron chi connectivity index (χ4n) is 3.11. The number of hydrogen-bond donors (Lipinski definition) is 2. The maximum absolute atomic E-state index is 12.0. The second kappa shape index (κ2) is 8.40. The Labute approximate surface area is 147 Å². The van der Waals surface area contributed by atoms with E-state index in [1.54, 1.807) is 4.90 Å². The normalized spacial score (nSPS) is 17.4. The molecule has 3 rings (SSSR count). The van der Waals surface area contributed by atoms with Crippen LogP contribution in [-0.4, -0.2) is 48.0 Å². The minimum Gasteiger partial charge on any atom is -0.396 e. The number of hydrogen-bond acceptors (Lipinski definition) is 3. The molecule has 1 saturated heterocycles. The van der Waals surface area contributed by atoms with E-state index in [9.17, 15) is 4.79 Å². The Morgan fingerprint density at radius 1 is 1.25 bits per heavy atom. The zero-order valence-electron chi connectivity index (χ0n) is 13.8. The van der Waals surface area contributed by atoms with Crippen molar-refractivity contribution in [2.75, 3.05) is 32.0 Å². The lowest BCUT2D eigenvalue weighted by Crippen LogP contribution is -2.39. The van der Waals surface area contributed by atoms with Gasteiger partial charge in [-0.05, 0) is 22.8 Å². The third-order valence-electron chi connectivity index (χ3n) is 4.49. The molecule has 0 spiro atoms. The first-order chi connectivity index (χ1) is 11.8. The van der Waals surface area contributed by atoms with E-state index in [2.05, 4.69) is 47.8 Å². The van der Waals surface area contributed by atoms with Gasteiger partial charge >= 0.3 is 6.03 Å². The lowest BCUT2D eigenvalue weighted by atomic mass is 10.1. The monoisotopic (exact) mass is 344 g/mol. The molecule has 0 aromatic heterocycles. The van der Waals surface area contributed by atoms with Crippen LogP contribution in [0.2, 0.25) is 0 Å². The summed E-state index contributed by atoms with van der Waals surface area (Å²) in [5, 5.41) is 14.7. The maximum atomic E-state index is 12.0. The first kappa shape index (κ1) is 17.1. The van der Waals surface area contributed by atoms with Gasteiger partial charge in [0, 0.05) is 43.7 Å². The summed E-state index contributed by atoms with van der Waals surface area (Å²) in [6.07, 6.45) is 0.903. The third-order valence-corrected chi connectivity index (χ3v) is 5.50. The van der Waals surface area contributed by atoms with Crippen LogP contribution < -0.4 is 5.32 Å². The van der Waals surface area contributed by atoms with Crippen molar-refractivity contribution in [1.82, 2.24) is 10.2 Å². The number of amides is 2. The van der Waals surface area contributed by atoms with Gasteiger partial charge in [-0.15, -0.1) is 0 Å². The summed E-state index contributed by atoms with van der Waals surface area (Å²) < 4.78 is 0. The molecule has 5 heteroatoms. The summed E-state index contributed by atoms with van der Waals surface area (Å²) >= 11 is 1.84. The zero-order valence-corrected chi connectivity index (χ0v) is 14.6. The van der Waals surface area contributed by atoms with Gasteiger partial charge in [0.05, 0.1) is 0 Å². The van der Waals surface area contributed by atoms with Crippen LogP contribution in [0.3, 0.4) is 0 Å². The van der Waals surface area contributed by atoms with Gasteiger partial charge < -0.3 is 15.3 Å². The van der Waals surface area contributed by atoms with E-state index in [0.29, 0.717) is 13.1 Å². The van der Waals surface area contributed by atoms with Crippen LogP contribution in [0.4, 0.5) is 4.79 Å². The molecular weight excluding hydrogens is 320 g/mol. The van der Waals surface area contributed by atoms with Gasteiger partial charge in [0.15, 0.2) is 0 Å². The van der Waals surface area contributed by atoms with E-state index in [-0.39, 0.29) is 18.6 Å². The number of nitrogens with one attached hydrogen (secondary N) is 1. The number of aliphatic hydroxyl groups is 1. The molecule has 128 valence electrons. The predicted molar refractivity (Wildman–Crippen MR) is 100 cm³/mol. The molecule has 1 atom stereocenters. The van der Waals surface area contributed by atoms with Gasteiger partial charge in [-0.2, -0.15) is 11.8 Å². The van der Waals surface area contributed by atoms with Crippen LogP contribution in [0, 0.1) is 5.92 Å². The first-order valence-corrected chi connectivity index (χ1v) is 9.61. The fourth-order valence-corrected chi connectivity index (χ4v) is 3.97. The van der Waals surface area contributed by atoms with Gasteiger partial charge in [0.2, 0.25) is 0 Å². The van der Waals surface area contributed by atoms with E-state index < -0.39 is 0 Å². The molecule has 0 radical (unpaired) electrons. The number of fused-ring (bicyclic) bond motifs is 1. The summed E-state index contributed by atoms with van der Waals surface area (Å²) in [5.74, 6) is 2.09. The van der Waals surface area contributed by atoms with E-state index in [1.165, 1.54) is 16.3 Å². The van der Waals surface area contributed by atoms with E-state index >= 15 is 0 Å². The van der Waals surface area contributed by atoms with Crippen LogP contribution in [0.15, 0.2) is 42.5 Å². The molecule has 0 unspecified atom stereocenters. The van der Waals surface area contributed by atoms with Crippen molar-refractivity contribution >= 4 is 28.6 Å². The second-order valence-corrected chi connectivity index (χ2v) is 7.31. The molecule has 0 aliphatic carbocycles. The Balaban J connectivity index is 1.40. The highest BCUT2D eigenvalue weighted by Crippen LogP contribution is 2.22. The quantitative estimate of drug-likeness (QED) is 0.792. The number of carbonyl (C=O) groups is 1. The number of rotatable bonds is 6. The van der Waals surface area contributed by atoms with Crippen LogP contribution in [0.1, 0.15) is 12.0 Å². The lowest BCUT2D eigenvalue weighted by molar-refractivity contribution is 0.199. The van der Waals surface area contributed by atoms with Crippen LogP contribution in [-0.2, 0) is 5.75 Å². The third kappa shape index (κ3) is 4.22. The van der Waals surface area contributed by atoms with Gasteiger partial charge in [0.25, 0.3) is 0 Å². The summed E-state index contributed by atoms with van der Waals surface area (Å²) in [6.45, 7) is 2.27. The predicted octanol–water partition coefficient (Wildman–Crippen LogP) is 3.10. The summed E-state index contributed by atoms with van der Waals surface area (Å²) in [6, 6.07) is 14.9. The van der Waals surface area contributed by atoms with Crippen LogP contribution >= 0.6 is 11.8 Å². The van der Waals surface area contributed by atoms with Crippen molar-refractivity contribution in [2.24, 2.45) is 5.92 Å². The smallest absolute Gasteiger partial charge is 0.317 e. The average Bonchev–Trinajstić information content (AvgIpc) is 3.11.